The van der Waals surface area contributed by atoms with Gasteiger partial charge in [-0.1, -0.05) is 11.6 Å². The molecule has 2 saturated heterocycles. The van der Waals surface area contributed by atoms with Crippen LogP contribution in [0.25, 0.3) is 21.8 Å². The summed E-state index contributed by atoms with van der Waals surface area (Å²) in [5.74, 6) is 1.59. The highest BCUT2D eigenvalue weighted by atomic mass is 16.5. The van der Waals surface area contributed by atoms with E-state index in [-0.39, 0.29) is 17.5 Å². The van der Waals surface area contributed by atoms with Crippen LogP contribution in [0, 0.1) is 12.8 Å². The molecule has 1 N–H and O–H groups in total. The van der Waals surface area contributed by atoms with E-state index in [0.717, 1.165) is 35.1 Å². The maximum Gasteiger partial charge on any atom is 0.306 e. The van der Waals surface area contributed by atoms with Crippen LogP contribution in [0.2, 0.25) is 0 Å². The van der Waals surface area contributed by atoms with Gasteiger partial charge in [-0.3, -0.25) is 14.2 Å². The Morgan fingerprint density at radius 2 is 1.56 bits per heavy atom. The molecular formula is C32H38N6O5. The molecule has 11 heteroatoms. The highest BCUT2D eigenvalue weighted by Gasteiger charge is 2.29. The molecule has 2 aromatic heterocycles. The van der Waals surface area contributed by atoms with E-state index in [1.807, 2.05) is 51.1 Å². The van der Waals surface area contributed by atoms with Crippen molar-refractivity contribution < 1.29 is 19.4 Å². The molecular weight excluding hydrogens is 548 g/mol. The van der Waals surface area contributed by atoms with Crippen LogP contribution in [0.15, 0.2) is 41.5 Å². The second-order valence-electron chi connectivity index (χ2n) is 11.3. The maximum atomic E-state index is 13.4. The second kappa shape index (κ2) is 12.1. The van der Waals surface area contributed by atoms with Gasteiger partial charge in [-0.2, -0.15) is 4.98 Å². The molecule has 2 fully saturated rings. The molecule has 2 aliphatic rings. The number of ether oxygens (including phenoxy) is 2. The Labute approximate surface area is 250 Å². The van der Waals surface area contributed by atoms with E-state index in [0.29, 0.717) is 80.6 Å². The molecule has 226 valence electrons. The fraction of sp³-hybridized carbons (Fsp3) is 0.469. The lowest BCUT2D eigenvalue weighted by molar-refractivity contribution is -0.142. The lowest BCUT2D eigenvalue weighted by Crippen LogP contribution is -2.39. The van der Waals surface area contributed by atoms with Gasteiger partial charge in [0.15, 0.2) is 11.5 Å². The SMILES string of the molecule is CCOc1cc2nc(N3CCC(C(=O)O)CC3)nc(N3CCC(n4cnc5ccc(C)cc5c4=O)CC3)c2cc1OCC. The first-order valence-corrected chi connectivity index (χ1v) is 15.2. The zero-order valence-corrected chi connectivity index (χ0v) is 25.0. The molecule has 6 rings (SSSR count). The number of carboxylic acid groups (broad SMARTS) is 1. The molecule has 4 heterocycles. The summed E-state index contributed by atoms with van der Waals surface area (Å²) in [6.07, 6.45) is 4.32. The highest BCUT2D eigenvalue weighted by Crippen LogP contribution is 2.38. The number of rotatable bonds is 8. The van der Waals surface area contributed by atoms with Crippen molar-refractivity contribution in [3.05, 3.63) is 52.6 Å². The quantitative estimate of drug-likeness (QED) is 0.314. The van der Waals surface area contributed by atoms with Gasteiger partial charge in [-0.25, -0.2) is 9.97 Å². The van der Waals surface area contributed by atoms with E-state index in [1.165, 1.54) is 0 Å². The molecule has 0 unspecified atom stereocenters. The van der Waals surface area contributed by atoms with Crippen molar-refractivity contribution in [3.8, 4) is 11.5 Å². The molecule has 0 bridgehead atoms. The summed E-state index contributed by atoms with van der Waals surface area (Å²) in [4.78, 5) is 43.8. The number of piperidine rings is 2. The predicted molar refractivity (Wildman–Crippen MR) is 166 cm³/mol. The molecule has 0 spiro atoms. The van der Waals surface area contributed by atoms with Crippen LogP contribution in [-0.4, -0.2) is 70.0 Å². The van der Waals surface area contributed by atoms with Crippen molar-refractivity contribution in [2.75, 3.05) is 49.2 Å². The fourth-order valence-electron chi connectivity index (χ4n) is 6.22. The first kappa shape index (κ1) is 28.7. The van der Waals surface area contributed by atoms with Crippen LogP contribution in [0.3, 0.4) is 0 Å². The van der Waals surface area contributed by atoms with Gasteiger partial charge < -0.3 is 24.4 Å². The molecule has 0 saturated carbocycles. The monoisotopic (exact) mass is 586 g/mol. The summed E-state index contributed by atoms with van der Waals surface area (Å²) in [5, 5.41) is 11.0. The number of hydrogen-bond donors (Lipinski definition) is 1. The number of fused-ring (bicyclic) bond motifs is 2. The summed E-state index contributed by atoms with van der Waals surface area (Å²) in [6.45, 7) is 9.42. The Morgan fingerprint density at radius 1 is 0.884 bits per heavy atom. The highest BCUT2D eigenvalue weighted by molar-refractivity contribution is 5.93. The van der Waals surface area contributed by atoms with Crippen molar-refractivity contribution in [1.29, 1.82) is 0 Å². The Morgan fingerprint density at radius 3 is 2.23 bits per heavy atom. The van der Waals surface area contributed by atoms with E-state index in [9.17, 15) is 14.7 Å². The summed E-state index contributed by atoms with van der Waals surface area (Å²) in [7, 11) is 0. The Kier molecular flexibility index (Phi) is 8.05. The molecule has 4 aromatic rings. The average molecular weight is 587 g/mol. The van der Waals surface area contributed by atoms with E-state index in [4.69, 9.17) is 19.4 Å². The number of anilines is 2. The molecule has 2 aliphatic heterocycles. The number of aryl methyl sites for hydroxylation is 1. The predicted octanol–water partition coefficient (Wildman–Crippen LogP) is 4.59. The van der Waals surface area contributed by atoms with E-state index >= 15 is 0 Å². The number of benzene rings is 2. The number of nitrogens with zero attached hydrogens (tertiary/aromatic N) is 6. The topological polar surface area (TPSA) is 123 Å². The number of carboxylic acids is 1. The van der Waals surface area contributed by atoms with Gasteiger partial charge in [-0.15, -0.1) is 0 Å². The molecule has 11 nitrogen and oxygen atoms in total. The third-order valence-corrected chi connectivity index (χ3v) is 8.55. The van der Waals surface area contributed by atoms with Gasteiger partial charge in [0.2, 0.25) is 5.95 Å². The van der Waals surface area contributed by atoms with Crippen LogP contribution >= 0.6 is 0 Å². The minimum absolute atomic E-state index is 0.00324. The average Bonchev–Trinajstić information content (AvgIpc) is 3.02. The molecule has 43 heavy (non-hydrogen) atoms. The van der Waals surface area contributed by atoms with Gasteiger partial charge in [0.1, 0.15) is 5.82 Å². The minimum atomic E-state index is -0.747. The fourth-order valence-corrected chi connectivity index (χ4v) is 6.22. The lowest BCUT2D eigenvalue weighted by Gasteiger charge is -2.35. The standard InChI is InChI=1S/C32H38N6O5/c1-4-42-27-17-23-26(18-28(27)43-5-2)34-32(37-12-8-21(9-13-37)31(40)41)35-29(23)36-14-10-22(11-15-36)38-19-33-25-7-6-20(3)16-24(25)30(38)39/h6-7,16-19,21-22H,4-5,8-15H2,1-3H3,(H,40,41). The van der Waals surface area contributed by atoms with Crippen LogP contribution in [0.4, 0.5) is 11.8 Å². The molecule has 0 amide bonds. The van der Waals surface area contributed by atoms with Crippen LogP contribution in [0.1, 0.15) is 51.1 Å². The maximum absolute atomic E-state index is 13.4. The first-order chi connectivity index (χ1) is 20.9. The second-order valence-corrected chi connectivity index (χ2v) is 11.3. The summed E-state index contributed by atoms with van der Waals surface area (Å²) >= 11 is 0. The van der Waals surface area contributed by atoms with Crippen LogP contribution < -0.4 is 24.8 Å². The van der Waals surface area contributed by atoms with Crippen molar-refractivity contribution in [2.24, 2.45) is 5.92 Å². The van der Waals surface area contributed by atoms with Gasteiger partial charge in [0.25, 0.3) is 5.56 Å². The molecule has 0 radical (unpaired) electrons. The molecule has 2 aromatic carbocycles. The van der Waals surface area contributed by atoms with Crippen molar-refractivity contribution in [3.63, 3.8) is 0 Å². The van der Waals surface area contributed by atoms with Crippen molar-refractivity contribution in [1.82, 2.24) is 19.5 Å². The molecule has 0 aliphatic carbocycles. The van der Waals surface area contributed by atoms with Gasteiger partial charge in [0, 0.05) is 43.7 Å². The zero-order valence-electron chi connectivity index (χ0n) is 25.0. The Balaban J connectivity index is 1.33. The first-order valence-electron chi connectivity index (χ1n) is 15.2. The van der Waals surface area contributed by atoms with Crippen LogP contribution in [0.5, 0.6) is 11.5 Å². The number of hydrogen-bond acceptors (Lipinski definition) is 9. The van der Waals surface area contributed by atoms with E-state index in [1.54, 1.807) is 10.9 Å². The number of carbonyl (C=O) groups is 1. The van der Waals surface area contributed by atoms with Crippen molar-refractivity contribution in [2.45, 2.75) is 52.5 Å². The van der Waals surface area contributed by atoms with Gasteiger partial charge in [-0.05, 0) is 64.7 Å². The summed E-state index contributed by atoms with van der Waals surface area (Å²) in [5.41, 5.74) is 2.50. The Hall–Kier alpha value is -4.41. The zero-order chi connectivity index (χ0) is 30.1. The third-order valence-electron chi connectivity index (χ3n) is 8.55. The summed E-state index contributed by atoms with van der Waals surface area (Å²) < 4.78 is 13.6. The van der Waals surface area contributed by atoms with Crippen LogP contribution in [-0.2, 0) is 4.79 Å². The van der Waals surface area contributed by atoms with Crippen molar-refractivity contribution >= 4 is 39.5 Å². The van der Waals surface area contributed by atoms with Gasteiger partial charge in [0.05, 0.1) is 41.9 Å². The number of aromatic nitrogens is 4. The smallest absolute Gasteiger partial charge is 0.306 e. The lowest BCUT2D eigenvalue weighted by atomic mass is 9.97. The molecule has 0 atom stereocenters. The summed E-state index contributed by atoms with van der Waals surface area (Å²) in [6, 6.07) is 9.70. The minimum Gasteiger partial charge on any atom is -0.490 e. The number of aliphatic carboxylic acids is 1. The van der Waals surface area contributed by atoms with E-state index in [2.05, 4.69) is 14.8 Å². The Bertz CT molecular complexity index is 1710. The largest absolute Gasteiger partial charge is 0.490 e. The normalized spacial score (nSPS) is 16.6. The van der Waals surface area contributed by atoms with E-state index < -0.39 is 5.97 Å². The third kappa shape index (κ3) is 5.68. The van der Waals surface area contributed by atoms with Gasteiger partial charge >= 0.3 is 5.97 Å².